The molecule has 0 N–H and O–H groups in total. The lowest BCUT2D eigenvalue weighted by Gasteiger charge is -2.34. The molecule has 1 fully saturated rings. The Morgan fingerprint density at radius 1 is 0.880 bits per heavy atom. The fourth-order valence-electron chi connectivity index (χ4n) is 3.55. The van der Waals surface area contributed by atoms with Gasteiger partial charge in [-0.05, 0) is 53.6 Å². The van der Waals surface area contributed by atoms with Crippen molar-refractivity contribution in [3.05, 3.63) is 48.5 Å². The molecule has 0 unspecified atom stereocenters. The molecular weight excluding hydrogens is 334 g/mol. The molecule has 4 nitrogen and oxygen atoms in total. The largest absolute Gasteiger partial charge is 0.497 e. The maximum absolute atomic E-state index is 12.9. The first-order valence-electron chi connectivity index (χ1n) is 8.65. The van der Waals surface area contributed by atoms with E-state index in [2.05, 4.69) is 13.8 Å². The highest BCUT2D eigenvalue weighted by Crippen LogP contribution is 2.28. The zero-order valence-electron chi connectivity index (χ0n) is 15.0. The Bertz CT molecular complexity index is 803. The third-order valence-corrected chi connectivity index (χ3v) is 6.60. The van der Waals surface area contributed by atoms with E-state index in [1.54, 1.807) is 23.5 Å². The van der Waals surface area contributed by atoms with Gasteiger partial charge in [0.05, 0.1) is 12.0 Å². The van der Waals surface area contributed by atoms with Crippen molar-refractivity contribution in [1.82, 2.24) is 4.31 Å². The van der Waals surface area contributed by atoms with Gasteiger partial charge in [-0.1, -0.05) is 38.1 Å². The highest BCUT2D eigenvalue weighted by molar-refractivity contribution is 7.89. The van der Waals surface area contributed by atoms with Gasteiger partial charge < -0.3 is 4.74 Å². The summed E-state index contributed by atoms with van der Waals surface area (Å²) in [7, 11) is -1.79. The highest BCUT2D eigenvalue weighted by Gasteiger charge is 2.31. The van der Waals surface area contributed by atoms with Gasteiger partial charge in [0.2, 0.25) is 10.0 Å². The van der Waals surface area contributed by atoms with E-state index >= 15 is 0 Å². The van der Waals surface area contributed by atoms with Gasteiger partial charge in [-0.3, -0.25) is 0 Å². The van der Waals surface area contributed by atoms with E-state index in [9.17, 15) is 8.42 Å². The highest BCUT2D eigenvalue weighted by atomic mass is 32.2. The van der Waals surface area contributed by atoms with Crippen LogP contribution < -0.4 is 4.74 Å². The van der Waals surface area contributed by atoms with E-state index in [1.165, 1.54) is 0 Å². The molecule has 0 spiro atoms. The van der Waals surface area contributed by atoms with Gasteiger partial charge in [0.25, 0.3) is 0 Å². The number of ether oxygens (including phenoxy) is 1. The molecule has 1 heterocycles. The second-order valence-corrected chi connectivity index (χ2v) is 8.96. The van der Waals surface area contributed by atoms with E-state index in [-0.39, 0.29) is 0 Å². The fraction of sp³-hybridized carbons (Fsp3) is 0.400. The van der Waals surface area contributed by atoms with Gasteiger partial charge in [-0.15, -0.1) is 0 Å². The number of hydrogen-bond acceptors (Lipinski definition) is 3. The van der Waals surface area contributed by atoms with Crippen LogP contribution in [0.25, 0.3) is 11.1 Å². The molecule has 0 aliphatic carbocycles. The molecule has 3 rings (SSSR count). The molecule has 2 atom stereocenters. The fourth-order valence-corrected chi connectivity index (χ4v) is 5.23. The lowest BCUT2D eigenvalue weighted by Crippen LogP contribution is -2.42. The summed E-state index contributed by atoms with van der Waals surface area (Å²) in [6.07, 6.45) is 1.09. The molecule has 2 aromatic rings. The minimum absolute atomic E-state index is 0.367. The van der Waals surface area contributed by atoms with Crippen LogP contribution in [-0.2, 0) is 10.0 Å². The van der Waals surface area contributed by atoms with E-state index in [0.29, 0.717) is 29.8 Å². The van der Waals surface area contributed by atoms with E-state index < -0.39 is 10.0 Å². The van der Waals surface area contributed by atoms with Crippen LogP contribution in [0.5, 0.6) is 5.75 Å². The monoisotopic (exact) mass is 359 g/mol. The lowest BCUT2D eigenvalue weighted by molar-refractivity contribution is 0.222. The topological polar surface area (TPSA) is 46.6 Å². The molecule has 0 aromatic heterocycles. The van der Waals surface area contributed by atoms with Crippen molar-refractivity contribution in [3.63, 3.8) is 0 Å². The third kappa shape index (κ3) is 3.88. The Hall–Kier alpha value is -1.85. The Balaban J connectivity index is 1.83. The minimum Gasteiger partial charge on any atom is -0.497 e. The van der Waals surface area contributed by atoms with Crippen molar-refractivity contribution >= 4 is 10.0 Å². The van der Waals surface area contributed by atoms with Crippen molar-refractivity contribution in [2.75, 3.05) is 20.2 Å². The molecule has 0 radical (unpaired) electrons. The molecule has 0 saturated carbocycles. The second-order valence-electron chi connectivity index (χ2n) is 7.02. The molecule has 0 bridgehead atoms. The third-order valence-electron chi connectivity index (χ3n) is 4.75. The Morgan fingerprint density at radius 3 is 1.84 bits per heavy atom. The molecule has 134 valence electrons. The summed E-state index contributed by atoms with van der Waals surface area (Å²) in [6, 6.07) is 14.9. The quantitative estimate of drug-likeness (QED) is 0.828. The van der Waals surface area contributed by atoms with Crippen LogP contribution in [0.1, 0.15) is 20.3 Å². The van der Waals surface area contributed by atoms with Crippen molar-refractivity contribution < 1.29 is 13.2 Å². The average Bonchev–Trinajstić information content (AvgIpc) is 2.61. The van der Waals surface area contributed by atoms with Gasteiger partial charge in [-0.2, -0.15) is 4.31 Å². The molecule has 5 heteroatoms. The van der Waals surface area contributed by atoms with E-state index in [1.807, 2.05) is 36.4 Å². The van der Waals surface area contributed by atoms with Crippen molar-refractivity contribution in [2.24, 2.45) is 11.8 Å². The van der Waals surface area contributed by atoms with Crippen molar-refractivity contribution in [3.8, 4) is 16.9 Å². The SMILES string of the molecule is COc1ccc(-c2ccc(S(=O)(=O)N3C[C@H](C)C[C@@H](C)C3)cc2)cc1. The second kappa shape index (κ2) is 7.18. The van der Waals surface area contributed by atoms with Gasteiger partial charge >= 0.3 is 0 Å². The molecule has 1 aliphatic heterocycles. The minimum atomic E-state index is -3.42. The van der Waals surface area contributed by atoms with Crippen molar-refractivity contribution in [1.29, 1.82) is 0 Å². The van der Waals surface area contributed by atoms with Gasteiger partial charge in [0.1, 0.15) is 5.75 Å². The number of piperidine rings is 1. The average molecular weight is 359 g/mol. The maximum Gasteiger partial charge on any atom is 0.243 e. The maximum atomic E-state index is 12.9. The Labute approximate surface area is 150 Å². The molecular formula is C20H25NO3S. The van der Waals surface area contributed by atoms with Gasteiger partial charge in [0.15, 0.2) is 0 Å². The number of sulfonamides is 1. The van der Waals surface area contributed by atoms with Crippen LogP contribution in [0.15, 0.2) is 53.4 Å². The van der Waals surface area contributed by atoms with Gasteiger partial charge in [0, 0.05) is 13.1 Å². The number of nitrogens with zero attached hydrogens (tertiary/aromatic N) is 1. The molecule has 1 aliphatic rings. The summed E-state index contributed by atoms with van der Waals surface area (Å²) >= 11 is 0. The van der Waals surface area contributed by atoms with Crippen LogP contribution in [-0.4, -0.2) is 32.9 Å². The number of hydrogen-bond donors (Lipinski definition) is 0. The Morgan fingerprint density at radius 2 is 1.36 bits per heavy atom. The summed E-state index contributed by atoms with van der Waals surface area (Å²) in [5.41, 5.74) is 2.02. The van der Waals surface area contributed by atoms with E-state index in [0.717, 1.165) is 23.3 Å². The predicted octanol–water partition coefficient (Wildman–Crippen LogP) is 4.03. The predicted molar refractivity (Wildman–Crippen MR) is 100 cm³/mol. The van der Waals surface area contributed by atoms with Crippen LogP contribution in [0.3, 0.4) is 0 Å². The Kier molecular flexibility index (Phi) is 5.16. The van der Waals surface area contributed by atoms with E-state index in [4.69, 9.17) is 4.74 Å². The first-order valence-corrected chi connectivity index (χ1v) is 10.1. The smallest absolute Gasteiger partial charge is 0.243 e. The summed E-state index contributed by atoms with van der Waals surface area (Å²) in [5, 5.41) is 0. The zero-order valence-corrected chi connectivity index (χ0v) is 15.8. The van der Waals surface area contributed by atoms with Crippen LogP contribution in [0.4, 0.5) is 0 Å². The van der Waals surface area contributed by atoms with Crippen LogP contribution in [0, 0.1) is 11.8 Å². The molecule has 1 saturated heterocycles. The number of rotatable bonds is 4. The van der Waals surface area contributed by atoms with Crippen LogP contribution >= 0.6 is 0 Å². The molecule has 2 aromatic carbocycles. The van der Waals surface area contributed by atoms with Crippen LogP contribution in [0.2, 0.25) is 0 Å². The molecule has 25 heavy (non-hydrogen) atoms. The molecule has 0 amide bonds. The number of benzene rings is 2. The zero-order chi connectivity index (χ0) is 18.0. The van der Waals surface area contributed by atoms with Crippen molar-refractivity contribution in [2.45, 2.75) is 25.2 Å². The van der Waals surface area contributed by atoms with Gasteiger partial charge in [-0.25, -0.2) is 8.42 Å². The first-order chi connectivity index (χ1) is 11.9. The number of methoxy groups -OCH3 is 1. The summed E-state index contributed by atoms with van der Waals surface area (Å²) in [5.74, 6) is 1.60. The standard InChI is InChI=1S/C20H25NO3S/c1-15-12-16(2)14-21(13-15)25(22,23)20-10-6-18(7-11-20)17-4-8-19(24-3)9-5-17/h4-11,15-16H,12-14H2,1-3H3/t15-,16-/m1/s1. The lowest BCUT2D eigenvalue weighted by atomic mass is 9.94. The first kappa shape index (κ1) is 18.0. The normalized spacial score (nSPS) is 21.9. The summed E-state index contributed by atoms with van der Waals surface area (Å²) in [4.78, 5) is 0.367. The summed E-state index contributed by atoms with van der Waals surface area (Å²) < 4.78 is 32.6. The summed E-state index contributed by atoms with van der Waals surface area (Å²) in [6.45, 7) is 5.44.